The molecule has 0 unspecified atom stereocenters. The molecule has 6 nitrogen and oxygen atoms in total. The summed E-state index contributed by atoms with van der Waals surface area (Å²) in [4.78, 5) is 27.2. The zero-order chi connectivity index (χ0) is 19.4. The maximum atomic E-state index is 12.8. The number of carbonyl (C=O) groups excluding carboxylic acids is 2. The molecule has 0 aliphatic carbocycles. The third-order valence-electron chi connectivity index (χ3n) is 4.90. The van der Waals surface area contributed by atoms with Crippen LogP contribution >= 0.6 is 15.9 Å². The van der Waals surface area contributed by atoms with Crippen molar-refractivity contribution in [2.45, 2.75) is 26.3 Å². The number of piperidine rings is 1. The predicted octanol–water partition coefficient (Wildman–Crippen LogP) is 3.61. The summed E-state index contributed by atoms with van der Waals surface area (Å²) in [5.41, 5.74) is 0.340. The normalized spacial score (nSPS) is 19.6. The summed E-state index contributed by atoms with van der Waals surface area (Å²) in [5, 5.41) is 3.00. The summed E-state index contributed by atoms with van der Waals surface area (Å²) < 4.78 is 11.1. The molecule has 0 bridgehead atoms. The van der Waals surface area contributed by atoms with E-state index in [9.17, 15) is 9.59 Å². The molecule has 1 saturated heterocycles. The number of ether oxygens (including phenoxy) is 1. The molecule has 2 aromatic rings. The number of furan rings is 1. The molecule has 1 aliphatic heterocycles. The lowest BCUT2D eigenvalue weighted by atomic mass is 9.80. The molecule has 1 N–H and O–H groups in total. The number of hydrogen-bond acceptors (Lipinski definition) is 4. The number of benzene rings is 1. The van der Waals surface area contributed by atoms with E-state index in [1.165, 1.54) is 0 Å². The molecule has 1 atom stereocenters. The second kappa shape index (κ2) is 8.17. The van der Waals surface area contributed by atoms with Crippen molar-refractivity contribution in [2.24, 2.45) is 5.41 Å². The Hall–Kier alpha value is -2.28. The monoisotopic (exact) mass is 434 g/mol. The zero-order valence-corrected chi connectivity index (χ0v) is 17.0. The van der Waals surface area contributed by atoms with E-state index in [-0.39, 0.29) is 17.6 Å². The highest BCUT2D eigenvalue weighted by molar-refractivity contribution is 9.10. The van der Waals surface area contributed by atoms with Crippen LogP contribution in [0.2, 0.25) is 0 Å². The topological polar surface area (TPSA) is 71.8 Å². The van der Waals surface area contributed by atoms with Gasteiger partial charge in [0.1, 0.15) is 5.75 Å². The molecule has 2 amide bonds. The summed E-state index contributed by atoms with van der Waals surface area (Å²) in [6, 6.07) is 10.9. The van der Waals surface area contributed by atoms with Gasteiger partial charge in [-0.05, 0) is 65.5 Å². The fraction of sp³-hybridized carbons (Fsp3) is 0.400. The highest BCUT2D eigenvalue weighted by atomic mass is 79.9. The van der Waals surface area contributed by atoms with Gasteiger partial charge in [-0.2, -0.15) is 0 Å². The molecule has 1 aliphatic rings. The number of likely N-dealkylation sites (tertiary alicyclic amines) is 1. The van der Waals surface area contributed by atoms with Crippen LogP contribution in [0.15, 0.2) is 45.5 Å². The summed E-state index contributed by atoms with van der Waals surface area (Å²) in [6.45, 7) is 3.32. The molecule has 2 heterocycles. The molecule has 0 radical (unpaired) electrons. The first-order chi connectivity index (χ1) is 12.9. The SMILES string of the molecule is COc1cccc(CNC(=O)[C@]2(C)CCCN(C(=O)c3ccc(Br)o3)C2)c1. The second-order valence-electron chi connectivity index (χ2n) is 7.03. The van der Waals surface area contributed by atoms with Crippen LogP contribution in [0.3, 0.4) is 0 Å². The Morgan fingerprint density at radius 2 is 2.15 bits per heavy atom. The minimum Gasteiger partial charge on any atom is -0.497 e. The largest absolute Gasteiger partial charge is 0.497 e. The number of rotatable bonds is 5. The van der Waals surface area contributed by atoms with Gasteiger partial charge in [-0.25, -0.2) is 0 Å². The molecule has 1 fully saturated rings. The maximum Gasteiger partial charge on any atom is 0.289 e. The highest BCUT2D eigenvalue weighted by Gasteiger charge is 2.39. The molecule has 0 saturated carbocycles. The lowest BCUT2D eigenvalue weighted by Crippen LogP contribution is -2.51. The van der Waals surface area contributed by atoms with Crippen molar-refractivity contribution >= 4 is 27.7 Å². The van der Waals surface area contributed by atoms with Crippen LogP contribution in [0.4, 0.5) is 0 Å². The summed E-state index contributed by atoms with van der Waals surface area (Å²) in [5.74, 6) is 0.797. The standard InChI is InChI=1S/C20H23BrN2O4/c1-20(19(25)22-12-14-5-3-6-15(11-14)26-2)9-4-10-23(13-20)18(24)16-7-8-17(21)27-16/h3,5-8,11H,4,9-10,12-13H2,1-2H3,(H,22,25)/t20-/m1/s1. The van der Waals surface area contributed by atoms with Crippen LogP contribution in [0, 0.1) is 5.41 Å². The molecule has 1 aromatic carbocycles. The fourth-order valence-corrected chi connectivity index (χ4v) is 3.67. The van der Waals surface area contributed by atoms with Crippen LogP contribution in [0.25, 0.3) is 0 Å². The highest BCUT2D eigenvalue weighted by Crippen LogP contribution is 2.31. The number of amides is 2. The molecule has 3 rings (SSSR count). The lowest BCUT2D eigenvalue weighted by Gasteiger charge is -2.39. The second-order valence-corrected chi connectivity index (χ2v) is 7.81. The molecule has 144 valence electrons. The first-order valence-corrected chi connectivity index (χ1v) is 9.66. The Labute approximate surface area is 167 Å². The van der Waals surface area contributed by atoms with Gasteiger partial charge in [0, 0.05) is 19.6 Å². The van der Waals surface area contributed by atoms with Gasteiger partial charge >= 0.3 is 0 Å². The van der Waals surface area contributed by atoms with Gasteiger partial charge in [0.15, 0.2) is 10.4 Å². The molecular weight excluding hydrogens is 412 g/mol. The van der Waals surface area contributed by atoms with E-state index in [1.54, 1.807) is 24.1 Å². The Balaban J connectivity index is 1.63. The van der Waals surface area contributed by atoms with Crippen molar-refractivity contribution in [3.05, 3.63) is 52.4 Å². The average molecular weight is 435 g/mol. The number of carbonyl (C=O) groups is 2. The quantitative estimate of drug-likeness (QED) is 0.779. The van der Waals surface area contributed by atoms with Gasteiger partial charge in [0.2, 0.25) is 5.91 Å². The van der Waals surface area contributed by atoms with Crippen molar-refractivity contribution in [3.8, 4) is 5.75 Å². The Morgan fingerprint density at radius 1 is 1.33 bits per heavy atom. The van der Waals surface area contributed by atoms with Crippen LogP contribution < -0.4 is 10.1 Å². The van der Waals surface area contributed by atoms with Gasteiger partial charge < -0.3 is 19.4 Å². The van der Waals surface area contributed by atoms with Gasteiger partial charge in [-0.3, -0.25) is 9.59 Å². The number of nitrogens with zero attached hydrogens (tertiary/aromatic N) is 1. The van der Waals surface area contributed by atoms with Crippen molar-refractivity contribution < 1.29 is 18.7 Å². The average Bonchev–Trinajstić information content (AvgIpc) is 3.12. The van der Waals surface area contributed by atoms with E-state index in [0.717, 1.165) is 24.2 Å². The van der Waals surface area contributed by atoms with Crippen LogP contribution in [-0.4, -0.2) is 36.9 Å². The fourth-order valence-electron chi connectivity index (χ4n) is 3.36. The molecule has 7 heteroatoms. The molecule has 0 spiro atoms. The minimum atomic E-state index is -0.628. The van der Waals surface area contributed by atoms with E-state index >= 15 is 0 Å². The first-order valence-electron chi connectivity index (χ1n) is 8.87. The number of nitrogens with one attached hydrogen (secondary N) is 1. The summed E-state index contributed by atoms with van der Waals surface area (Å²) in [6.07, 6.45) is 1.51. The van der Waals surface area contributed by atoms with Gasteiger partial charge in [0.25, 0.3) is 5.91 Å². The Bertz CT molecular complexity index is 835. The van der Waals surface area contributed by atoms with Crippen LogP contribution in [0.1, 0.15) is 35.9 Å². The smallest absolute Gasteiger partial charge is 0.289 e. The zero-order valence-electron chi connectivity index (χ0n) is 15.5. The van der Waals surface area contributed by atoms with E-state index in [1.807, 2.05) is 31.2 Å². The van der Waals surface area contributed by atoms with Gasteiger partial charge in [-0.15, -0.1) is 0 Å². The van der Waals surface area contributed by atoms with E-state index in [2.05, 4.69) is 21.2 Å². The number of methoxy groups -OCH3 is 1. The van der Waals surface area contributed by atoms with Crippen molar-refractivity contribution in [1.82, 2.24) is 10.2 Å². The van der Waals surface area contributed by atoms with Crippen molar-refractivity contribution in [3.63, 3.8) is 0 Å². The van der Waals surface area contributed by atoms with Crippen molar-refractivity contribution in [1.29, 1.82) is 0 Å². The lowest BCUT2D eigenvalue weighted by molar-refractivity contribution is -0.132. The molecule has 27 heavy (non-hydrogen) atoms. The molecule has 1 aromatic heterocycles. The Kier molecular flexibility index (Phi) is 5.89. The van der Waals surface area contributed by atoms with E-state index < -0.39 is 5.41 Å². The molecular formula is C20H23BrN2O4. The summed E-state index contributed by atoms with van der Waals surface area (Å²) >= 11 is 3.21. The van der Waals surface area contributed by atoms with Crippen LogP contribution in [-0.2, 0) is 11.3 Å². The third-order valence-corrected chi connectivity index (χ3v) is 5.33. The maximum absolute atomic E-state index is 12.8. The number of halogens is 1. The Morgan fingerprint density at radius 3 is 2.85 bits per heavy atom. The number of hydrogen-bond donors (Lipinski definition) is 1. The first kappa shape index (κ1) is 19.5. The van der Waals surface area contributed by atoms with E-state index in [4.69, 9.17) is 9.15 Å². The van der Waals surface area contributed by atoms with Gasteiger partial charge in [-0.1, -0.05) is 12.1 Å². The van der Waals surface area contributed by atoms with Gasteiger partial charge in [0.05, 0.1) is 12.5 Å². The van der Waals surface area contributed by atoms with Crippen LogP contribution in [0.5, 0.6) is 5.75 Å². The van der Waals surface area contributed by atoms with Crippen molar-refractivity contribution in [2.75, 3.05) is 20.2 Å². The van der Waals surface area contributed by atoms with E-state index in [0.29, 0.717) is 24.3 Å². The summed E-state index contributed by atoms with van der Waals surface area (Å²) in [7, 11) is 1.61. The predicted molar refractivity (Wildman–Crippen MR) is 104 cm³/mol. The third kappa shape index (κ3) is 4.53. The minimum absolute atomic E-state index is 0.0524.